The van der Waals surface area contributed by atoms with Crippen molar-refractivity contribution in [3.05, 3.63) is 29.8 Å². The van der Waals surface area contributed by atoms with Crippen molar-refractivity contribution in [2.75, 3.05) is 13.2 Å². The number of fused-ring (bicyclic) bond motifs is 1. The molecule has 2 saturated heterocycles. The van der Waals surface area contributed by atoms with Crippen molar-refractivity contribution in [2.24, 2.45) is 11.8 Å². The van der Waals surface area contributed by atoms with E-state index in [1.165, 1.54) is 17.0 Å². The maximum Gasteiger partial charge on any atom is 0.327 e. The minimum Gasteiger partial charge on any atom is -0.508 e. The Morgan fingerprint density at radius 3 is 2.38 bits per heavy atom. The van der Waals surface area contributed by atoms with Crippen LogP contribution >= 0.6 is 0 Å². The van der Waals surface area contributed by atoms with Crippen molar-refractivity contribution in [3.8, 4) is 5.75 Å². The van der Waals surface area contributed by atoms with Crippen molar-refractivity contribution in [3.63, 3.8) is 0 Å². The summed E-state index contributed by atoms with van der Waals surface area (Å²) < 4.78 is 5.26. The van der Waals surface area contributed by atoms with E-state index in [1.807, 2.05) is 6.92 Å². The first-order chi connectivity index (χ1) is 12.4. The number of imide groups is 1. The van der Waals surface area contributed by atoms with Gasteiger partial charge >= 0.3 is 5.97 Å². The summed E-state index contributed by atoms with van der Waals surface area (Å²) in [5.41, 5.74) is -0.489. The topological polar surface area (TPSA) is 95.9 Å². The molecule has 0 radical (unpaired) electrons. The van der Waals surface area contributed by atoms with E-state index in [0.717, 1.165) is 5.56 Å². The molecule has 2 N–H and O–H groups in total. The van der Waals surface area contributed by atoms with Gasteiger partial charge in [-0.3, -0.25) is 24.6 Å². The maximum atomic E-state index is 13.0. The van der Waals surface area contributed by atoms with Crippen LogP contribution in [0.1, 0.15) is 38.8 Å². The zero-order valence-corrected chi connectivity index (χ0v) is 15.2. The van der Waals surface area contributed by atoms with E-state index in [2.05, 4.69) is 5.32 Å². The highest BCUT2D eigenvalue weighted by atomic mass is 16.5. The summed E-state index contributed by atoms with van der Waals surface area (Å²) in [4.78, 5) is 39.9. The minimum atomic E-state index is -1.24. The molecule has 2 fully saturated rings. The molecule has 7 nitrogen and oxygen atoms in total. The average molecular weight is 360 g/mol. The predicted octanol–water partition coefficient (Wildman–Crippen LogP) is 1.37. The highest BCUT2D eigenvalue weighted by Crippen LogP contribution is 2.50. The van der Waals surface area contributed by atoms with Crippen LogP contribution in [0.15, 0.2) is 24.3 Å². The quantitative estimate of drug-likeness (QED) is 0.608. The summed E-state index contributed by atoms with van der Waals surface area (Å²) in [7, 11) is 0. The number of rotatable bonds is 5. The Balaban J connectivity index is 2.11. The summed E-state index contributed by atoms with van der Waals surface area (Å²) in [6.07, 6.45) is 0.332. The second-order valence-corrected chi connectivity index (χ2v) is 6.68. The van der Waals surface area contributed by atoms with E-state index in [9.17, 15) is 19.5 Å². The van der Waals surface area contributed by atoms with E-state index in [4.69, 9.17) is 4.74 Å². The van der Waals surface area contributed by atoms with Crippen LogP contribution in [-0.4, -0.2) is 46.5 Å². The zero-order valence-electron chi connectivity index (χ0n) is 15.2. The molecule has 2 amide bonds. The predicted molar refractivity (Wildman–Crippen MR) is 93.0 cm³/mol. The van der Waals surface area contributed by atoms with Gasteiger partial charge in [0.2, 0.25) is 11.8 Å². The van der Waals surface area contributed by atoms with Crippen molar-refractivity contribution >= 4 is 17.8 Å². The third-order valence-electron chi connectivity index (χ3n) is 5.51. The number of nitrogens with zero attached hydrogens (tertiary/aromatic N) is 1. The normalized spacial score (nSPS) is 30.6. The molecule has 0 spiro atoms. The van der Waals surface area contributed by atoms with Gasteiger partial charge in [-0.2, -0.15) is 0 Å². The summed E-state index contributed by atoms with van der Waals surface area (Å²) in [5.74, 6) is -2.45. The van der Waals surface area contributed by atoms with Crippen LogP contribution in [0, 0.1) is 11.8 Å². The van der Waals surface area contributed by atoms with Gasteiger partial charge in [0.25, 0.3) is 0 Å². The number of ether oxygens (including phenoxy) is 1. The van der Waals surface area contributed by atoms with Crippen LogP contribution in [0.3, 0.4) is 0 Å². The van der Waals surface area contributed by atoms with Crippen molar-refractivity contribution in [1.29, 1.82) is 0 Å². The SMILES string of the molecule is CCOC(=O)[C@]1(CC)N[C@H](c2ccc(O)cc2)[C@H]2C(=O)N(CC)C(=O)[C@H]21. The van der Waals surface area contributed by atoms with Crippen molar-refractivity contribution < 1.29 is 24.2 Å². The first kappa shape index (κ1) is 18.4. The van der Waals surface area contributed by atoms with Gasteiger partial charge in [-0.05, 0) is 38.0 Å². The van der Waals surface area contributed by atoms with E-state index in [0.29, 0.717) is 6.42 Å². The van der Waals surface area contributed by atoms with Crippen LogP contribution in [0.5, 0.6) is 5.75 Å². The summed E-state index contributed by atoms with van der Waals surface area (Å²) in [5, 5.41) is 12.8. The van der Waals surface area contributed by atoms with Gasteiger partial charge in [-0.15, -0.1) is 0 Å². The highest BCUT2D eigenvalue weighted by molar-refractivity contribution is 6.09. The summed E-state index contributed by atoms with van der Waals surface area (Å²) in [6.45, 7) is 5.74. The average Bonchev–Trinajstić information content (AvgIpc) is 3.11. The molecule has 26 heavy (non-hydrogen) atoms. The molecule has 3 rings (SSSR count). The number of aromatic hydroxyl groups is 1. The maximum absolute atomic E-state index is 13.0. The van der Waals surface area contributed by atoms with Crippen LogP contribution in [0.4, 0.5) is 0 Å². The number of carbonyl (C=O) groups excluding carboxylic acids is 3. The van der Waals surface area contributed by atoms with Crippen molar-refractivity contribution in [1.82, 2.24) is 10.2 Å². The van der Waals surface area contributed by atoms with Crippen LogP contribution < -0.4 is 5.32 Å². The molecule has 4 atom stereocenters. The van der Waals surface area contributed by atoms with Gasteiger partial charge in [0.1, 0.15) is 11.3 Å². The van der Waals surface area contributed by atoms with Gasteiger partial charge in [0, 0.05) is 12.6 Å². The zero-order chi connectivity index (χ0) is 19.1. The number of hydrogen-bond donors (Lipinski definition) is 2. The van der Waals surface area contributed by atoms with Crippen LogP contribution in [0.2, 0.25) is 0 Å². The fraction of sp³-hybridized carbons (Fsp3) is 0.526. The lowest BCUT2D eigenvalue weighted by molar-refractivity contribution is -0.156. The molecular weight excluding hydrogens is 336 g/mol. The molecule has 0 aromatic heterocycles. The van der Waals surface area contributed by atoms with E-state index in [1.54, 1.807) is 26.0 Å². The molecule has 0 saturated carbocycles. The molecule has 2 heterocycles. The molecule has 1 aromatic rings. The first-order valence-electron chi connectivity index (χ1n) is 9.00. The lowest BCUT2D eigenvalue weighted by atomic mass is 9.78. The number of esters is 1. The van der Waals surface area contributed by atoms with Crippen LogP contribution in [0.25, 0.3) is 0 Å². The lowest BCUT2D eigenvalue weighted by Crippen LogP contribution is -2.56. The second-order valence-electron chi connectivity index (χ2n) is 6.68. The highest BCUT2D eigenvalue weighted by Gasteiger charge is 2.67. The Hall–Kier alpha value is -2.41. The molecule has 0 unspecified atom stereocenters. The number of phenols is 1. The van der Waals surface area contributed by atoms with E-state index >= 15 is 0 Å². The number of carbonyl (C=O) groups is 3. The van der Waals surface area contributed by atoms with E-state index < -0.39 is 29.4 Å². The molecule has 7 heteroatoms. The smallest absolute Gasteiger partial charge is 0.327 e. The number of likely N-dealkylation sites (tertiary alicyclic amines) is 1. The molecule has 2 aliphatic heterocycles. The number of nitrogens with one attached hydrogen (secondary N) is 1. The molecular formula is C19H24N2O5. The number of phenolic OH excluding ortho intramolecular Hbond substituents is 1. The van der Waals surface area contributed by atoms with Gasteiger partial charge in [0.15, 0.2) is 0 Å². The van der Waals surface area contributed by atoms with E-state index in [-0.39, 0.29) is 30.7 Å². The molecule has 1 aromatic carbocycles. The fourth-order valence-electron chi connectivity index (χ4n) is 4.26. The summed E-state index contributed by atoms with van der Waals surface area (Å²) in [6, 6.07) is 5.96. The van der Waals surface area contributed by atoms with Gasteiger partial charge in [0.05, 0.1) is 18.4 Å². The Labute approximate surface area is 152 Å². The van der Waals surface area contributed by atoms with Gasteiger partial charge in [-0.25, -0.2) is 0 Å². The van der Waals surface area contributed by atoms with Crippen LogP contribution in [-0.2, 0) is 19.1 Å². The molecule has 0 bridgehead atoms. The Morgan fingerprint density at radius 1 is 1.19 bits per heavy atom. The first-order valence-corrected chi connectivity index (χ1v) is 9.00. The largest absolute Gasteiger partial charge is 0.508 e. The fourth-order valence-corrected chi connectivity index (χ4v) is 4.26. The Morgan fingerprint density at radius 2 is 1.85 bits per heavy atom. The number of amides is 2. The number of hydrogen-bond acceptors (Lipinski definition) is 6. The second kappa shape index (κ2) is 6.72. The van der Waals surface area contributed by atoms with Crippen molar-refractivity contribution in [2.45, 2.75) is 38.8 Å². The molecule has 140 valence electrons. The third-order valence-corrected chi connectivity index (χ3v) is 5.51. The molecule has 2 aliphatic rings. The number of benzene rings is 1. The Bertz CT molecular complexity index is 732. The standard InChI is InChI=1S/C19H24N2O5/c1-4-19(18(25)26-6-3)14-13(16(23)21(5-2)17(14)24)15(20-19)11-7-9-12(22)10-8-11/h7-10,13-15,20,22H,4-6H2,1-3H3/t13-,14-,15+,19+/m0/s1. The Kier molecular flexibility index (Phi) is 4.75. The third kappa shape index (κ3) is 2.49. The van der Waals surface area contributed by atoms with Gasteiger partial charge in [-0.1, -0.05) is 19.1 Å². The lowest BCUT2D eigenvalue weighted by Gasteiger charge is -2.31. The molecule has 0 aliphatic carbocycles. The monoisotopic (exact) mass is 360 g/mol. The van der Waals surface area contributed by atoms with Gasteiger partial charge < -0.3 is 9.84 Å². The summed E-state index contributed by atoms with van der Waals surface area (Å²) >= 11 is 0. The minimum absolute atomic E-state index is 0.111.